The Labute approximate surface area is 140 Å². The average Bonchev–Trinajstić information content (AvgIpc) is 2.53. The second kappa shape index (κ2) is 6.10. The highest BCUT2D eigenvalue weighted by Gasteiger charge is 2.27. The van der Waals surface area contributed by atoms with Crippen molar-refractivity contribution < 1.29 is 9.90 Å². The predicted molar refractivity (Wildman–Crippen MR) is 92.0 cm³/mol. The van der Waals surface area contributed by atoms with Crippen LogP contribution in [-0.4, -0.2) is 21.8 Å². The van der Waals surface area contributed by atoms with Crippen LogP contribution in [0.5, 0.6) is 0 Å². The van der Waals surface area contributed by atoms with Crippen molar-refractivity contribution in [3.05, 3.63) is 58.9 Å². The SMILES string of the molecule is CC1(C)CCS[13c]2[13cH][13cH][13c](C#Cc3ccc(C(=O)O)cn3)[13cH][13c]21. The van der Waals surface area contributed by atoms with Crippen LogP contribution in [0.1, 0.15) is 47.4 Å². The third-order valence-electron chi connectivity index (χ3n) is 4.04. The van der Waals surface area contributed by atoms with Crippen LogP contribution in [0.25, 0.3) is 0 Å². The molecule has 0 unspecified atom stereocenters. The molecule has 0 spiro atoms. The van der Waals surface area contributed by atoms with Gasteiger partial charge in [0.2, 0.25) is 0 Å². The first-order valence-electron chi connectivity index (χ1n) is 7.44. The molecule has 0 atom stereocenters. The van der Waals surface area contributed by atoms with Gasteiger partial charge in [-0.1, -0.05) is 19.8 Å². The fraction of sp³-hybridized carbons (Fsp3) is 0.263. The first-order valence-corrected chi connectivity index (χ1v) is 8.43. The lowest BCUT2D eigenvalue weighted by molar-refractivity contribution is 0.0696. The maximum atomic E-state index is 10.8. The molecule has 23 heavy (non-hydrogen) atoms. The van der Waals surface area contributed by atoms with Crippen LogP contribution in [0.15, 0.2) is 41.4 Å². The van der Waals surface area contributed by atoms with Gasteiger partial charge in [0, 0.05) is 16.7 Å². The molecule has 1 aliphatic heterocycles. The van der Waals surface area contributed by atoms with Gasteiger partial charge in [-0.2, -0.15) is 0 Å². The average molecular weight is 329 g/mol. The summed E-state index contributed by atoms with van der Waals surface area (Å²) < 4.78 is 0. The molecule has 116 valence electrons. The van der Waals surface area contributed by atoms with Gasteiger partial charge >= 0.3 is 5.97 Å². The maximum absolute atomic E-state index is 10.8. The molecule has 0 saturated carbocycles. The Morgan fingerprint density at radius 2 is 2.09 bits per heavy atom. The van der Waals surface area contributed by atoms with Gasteiger partial charge < -0.3 is 5.11 Å². The zero-order valence-electron chi connectivity index (χ0n) is 13.1. The molecule has 0 amide bonds. The molecule has 1 aromatic heterocycles. The van der Waals surface area contributed by atoms with Crippen molar-refractivity contribution >= 4 is 17.7 Å². The first-order chi connectivity index (χ1) is 11.0. The van der Waals surface area contributed by atoms with E-state index < -0.39 is 5.97 Å². The molecular formula is C19H17NO2S. The largest absolute Gasteiger partial charge is 0.478 e. The van der Waals surface area contributed by atoms with Crippen LogP contribution in [0.4, 0.5) is 0 Å². The number of rotatable bonds is 1. The third kappa shape index (κ3) is 3.40. The molecule has 3 nitrogen and oxygen atoms in total. The minimum absolute atomic E-state index is 0.170. The van der Waals surface area contributed by atoms with Gasteiger partial charge in [-0.15, -0.1) is 11.8 Å². The standard InChI is InChI=1S/C19H17NO2S/c1-19(2)9-10-23-17-8-4-13(11-16(17)19)3-6-15-7-5-14(12-20-15)18(21)22/h4-5,7-8,11-12H,9-10H2,1-2H3,(H,21,22)/i4+1,8+1,11+1,13+1,16+1,17+1. The quantitative estimate of drug-likeness (QED) is 0.805. The second-order valence-electron chi connectivity index (χ2n) is 6.18. The molecule has 0 radical (unpaired) electrons. The Bertz CT molecular complexity index is 813. The summed E-state index contributed by atoms with van der Waals surface area (Å²) in [5.41, 5.74) is 3.24. The van der Waals surface area contributed by atoms with Gasteiger partial charge in [0.05, 0.1) is 5.56 Å². The Hall–Kier alpha value is -2.25. The number of aromatic nitrogens is 1. The fourth-order valence-corrected chi connectivity index (χ4v) is 4.03. The van der Waals surface area contributed by atoms with E-state index in [1.807, 2.05) is 17.8 Å². The highest BCUT2D eigenvalue weighted by molar-refractivity contribution is 7.99. The van der Waals surface area contributed by atoms with Gasteiger partial charge in [-0.05, 0) is 59.4 Å². The number of carboxylic acid groups (broad SMARTS) is 1. The number of hydrogen-bond donors (Lipinski definition) is 1. The lowest BCUT2D eigenvalue weighted by Gasteiger charge is -2.32. The first kappa shape index (κ1) is 15.6. The summed E-state index contributed by atoms with van der Waals surface area (Å²) in [4.78, 5) is 16.2. The number of fused-ring (bicyclic) bond motifs is 1. The van der Waals surface area contributed by atoms with E-state index in [1.165, 1.54) is 29.1 Å². The van der Waals surface area contributed by atoms with Crippen molar-refractivity contribution in [1.82, 2.24) is 4.98 Å². The van der Waals surface area contributed by atoms with Gasteiger partial charge in [-0.3, -0.25) is 0 Å². The molecule has 0 aliphatic carbocycles. The third-order valence-corrected chi connectivity index (χ3v) is 5.11. The number of nitrogens with zero attached hydrogens (tertiary/aromatic N) is 1. The summed E-state index contributed by atoms with van der Waals surface area (Å²) in [6, 6.07) is 9.50. The summed E-state index contributed by atoms with van der Waals surface area (Å²) in [6.45, 7) is 4.55. The summed E-state index contributed by atoms with van der Waals surface area (Å²) in [5, 5.41) is 8.87. The molecule has 1 aliphatic rings. The van der Waals surface area contributed by atoms with Crippen molar-refractivity contribution in [2.24, 2.45) is 0 Å². The number of hydrogen-bond acceptors (Lipinski definition) is 3. The number of pyridine rings is 1. The van der Waals surface area contributed by atoms with Crippen molar-refractivity contribution in [2.75, 3.05) is 5.75 Å². The van der Waals surface area contributed by atoms with Gasteiger partial charge in [0.1, 0.15) is 5.69 Å². The van der Waals surface area contributed by atoms with E-state index in [-0.39, 0.29) is 11.0 Å². The van der Waals surface area contributed by atoms with Crippen molar-refractivity contribution in [2.45, 2.75) is 30.6 Å². The summed E-state index contributed by atoms with van der Waals surface area (Å²) in [5.74, 6) is 6.31. The highest BCUT2D eigenvalue weighted by atomic mass is 32.2. The molecule has 0 fully saturated rings. The normalized spacial score (nSPS) is 15.2. The minimum atomic E-state index is -0.980. The monoisotopic (exact) mass is 329 g/mol. The summed E-state index contributed by atoms with van der Waals surface area (Å²) >= 11 is 1.90. The Morgan fingerprint density at radius 3 is 2.78 bits per heavy atom. The van der Waals surface area contributed by atoms with Crippen molar-refractivity contribution in [3.63, 3.8) is 0 Å². The van der Waals surface area contributed by atoms with Gasteiger partial charge in [0.15, 0.2) is 0 Å². The minimum Gasteiger partial charge on any atom is -0.478 e. The van der Waals surface area contributed by atoms with E-state index in [0.29, 0.717) is 5.69 Å². The van der Waals surface area contributed by atoms with Crippen LogP contribution < -0.4 is 0 Å². The zero-order chi connectivity index (χ0) is 16.4. The number of aromatic carboxylic acids is 1. The fourth-order valence-electron chi connectivity index (χ4n) is 2.54. The molecule has 2 aromatic rings. The van der Waals surface area contributed by atoms with E-state index in [9.17, 15) is 4.79 Å². The second-order valence-corrected chi connectivity index (χ2v) is 7.32. The topological polar surface area (TPSA) is 50.2 Å². The predicted octanol–water partition coefficient (Wildman–Crippen LogP) is 3.95. The molecule has 0 bridgehead atoms. The number of benzene rings is 1. The van der Waals surface area contributed by atoms with E-state index in [0.717, 1.165) is 11.3 Å². The van der Waals surface area contributed by atoms with Crippen molar-refractivity contribution in [3.8, 4) is 11.8 Å². The van der Waals surface area contributed by atoms with Gasteiger partial charge in [0.25, 0.3) is 0 Å². The van der Waals surface area contributed by atoms with Crippen LogP contribution in [-0.2, 0) is 5.41 Å². The van der Waals surface area contributed by atoms with E-state index in [4.69, 9.17) is 5.11 Å². The molecule has 1 N–H and O–H groups in total. The maximum Gasteiger partial charge on any atom is 0.337 e. The molecule has 1 aromatic carbocycles. The number of thioether (sulfide) groups is 1. The van der Waals surface area contributed by atoms with Crippen LogP contribution in [0, 0.1) is 11.8 Å². The lowest BCUT2D eigenvalue weighted by atomic mass is 9.98. The molecular weight excluding hydrogens is 312 g/mol. The van der Waals surface area contributed by atoms with Crippen LogP contribution in [0.3, 0.4) is 0 Å². The van der Waals surface area contributed by atoms with Crippen LogP contribution in [0.2, 0.25) is 0 Å². The molecule has 3 rings (SSSR count). The smallest absolute Gasteiger partial charge is 0.337 e. The Balaban J connectivity index is 1.88. The summed E-state index contributed by atoms with van der Waals surface area (Å²) in [6.07, 6.45) is 2.50. The lowest BCUT2D eigenvalue weighted by Crippen LogP contribution is -2.22. The number of carboxylic acids is 1. The molecule has 0 saturated heterocycles. The molecule has 4 heteroatoms. The van der Waals surface area contributed by atoms with E-state index >= 15 is 0 Å². The Morgan fingerprint density at radius 1 is 1.26 bits per heavy atom. The summed E-state index contributed by atoms with van der Waals surface area (Å²) in [7, 11) is 0. The van der Waals surface area contributed by atoms with E-state index in [2.05, 4.69) is 42.8 Å². The van der Waals surface area contributed by atoms with Gasteiger partial charge in [-0.25, -0.2) is 9.78 Å². The number of carbonyl (C=O) groups is 1. The zero-order valence-corrected chi connectivity index (χ0v) is 13.9. The highest BCUT2D eigenvalue weighted by Crippen LogP contribution is 2.41. The van der Waals surface area contributed by atoms with Crippen molar-refractivity contribution in [1.29, 1.82) is 0 Å². The van der Waals surface area contributed by atoms with Crippen LogP contribution >= 0.6 is 11.8 Å². The van der Waals surface area contributed by atoms with E-state index in [1.54, 1.807) is 6.07 Å². The molecule has 2 heterocycles. The Kier molecular flexibility index (Phi) is 4.14.